The Bertz CT molecular complexity index is 757. The quantitative estimate of drug-likeness (QED) is 0.822. The zero-order valence-corrected chi connectivity index (χ0v) is 13.4. The Labute approximate surface area is 138 Å². The molecular weight excluding hydrogens is 312 g/mol. The fourth-order valence-electron chi connectivity index (χ4n) is 2.91. The van der Waals surface area contributed by atoms with Gasteiger partial charge in [-0.1, -0.05) is 5.21 Å². The summed E-state index contributed by atoms with van der Waals surface area (Å²) in [6, 6.07) is 1.88. The van der Waals surface area contributed by atoms with E-state index in [1.807, 2.05) is 6.92 Å². The molecule has 9 heteroatoms. The standard InChI is InChI=1S/C15H20N6O3/c1-9-6-11(7-16)24-13(9)15(23)20-4-2-10(3-5-20)21-8-12(14(17)22)18-19-21/h6,8,10H,2-5,7,16H2,1H3,(H2,17,22). The van der Waals surface area contributed by atoms with E-state index in [1.165, 1.54) is 0 Å². The lowest BCUT2D eigenvalue weighted by atomic mass is 10.0. The van der Waals surface area contributed by atoms with Crippen LogP contribution in [0.2, 0.25) is 0 Å². The molecule has 0 unspecified atom stereocenters. The van der Waals surface area contributed by atoms with Crippen LogP contribution < -0.4 is 11.5 Å². The van der Waals surface area contributed by atoms with E-state index in [0.717, 1.165) is 18.4 Å². The number of hydrogen-bond acceptors (Lipinski definition) is 6. The van der Waals surface area contributed by atoms with Crippen molar-refractivity contribution in [1.29, 1.82) is 0 Å². The van der Waals surface area contributed by atoms with Crippen molar-refractivity contribution in [2.45, 2.75) is 32.4 Å². The molecule has 2 amide bonds. The van der Waals surface area contributed by atoms with Crippen molar-refractivity contribution >= 4 is 11.8 Å². The first-order valence-electron chi connectivity index (χ1n) is 7.80. The van der Waals surface area contributed by atoms with E-state index in [1.54, 1.807) is 21.8 Å². The number of aryl methyl sites for hydroxylation is 1. The SMILES string of the molecule is Cc1cc(CN)oc1C(=O)N1CCC(n2cc(C(N)=O)nn2)CC1. The Morgan fingerprint density at radius 3 is 2.62 bits per heavy atom. The number of amides is 2. The summed E-state index contributed by atoms with van der Waals surface area (Å²) >= 11 is 0. The third-order valence-electron chi connectivity index (χ3n) is 4.25. The van der Waals surface area contributed by atoms with Gasteiger partial charge in [-0.2, -0.15) is 0 Å². The summed E-state index contributed by atoms with van der Waals surface area (Å²) in [6.07, 6.45) is 2.99. The van der Waals surface area contributed by atoms with Gasteiger partial charge in [0.2, 0.25) is 0 Å². The average molecular weight is 332 g/mol. The number of hydrogen-bond donors (Lipinski definition) is 2. The van der Waals surface area contributed by atoms with E-state index in [2.05, 4.69) is 10.3 Å². The van der Waals surface area contributed by atoms with Gasteiger partial charge < -0.3 is 20.8 Å². The first kappa shape index (κ1) is 16.2. The summed E-state index contributed by atoms with van der Waals surface area (Å²) < 4.78 is 7.17. The lowest BCUT2D eigenvalue weighted by Gasteiger charge is -2.31. The van der Waals surface area contributed by atoms with Crippen molar-refractivity contribution in [3.05, 3.63) is 35.0 Å². The first-order chi connectivity index (χ1) is 11.5. The van der Waals surface area contributed by atoms with Crippen LogP contribution in [0.1, 0.15) is 51.3 Å². The van der Waals surface area contributed by atoms with Crippen molar-refractivity contribution in [3.63, 3.8) is 0 Å². The minimum absolute atomic E-state index is 0.0898. The van der Waals surface area contributed by atoms with Crippen molar-refractivity contribution in [3.8, 4) is 0 Å². The summed E-state index contributed by atoms with van der Waals surface area (Å²) in [6.45, 7) is 3.26. The second kappa shape index (κ2) is 6.44. The monoisotopic (exact) mass is 332 g/mol. The molecule has 3 rings (SSSR count). The highest BCUT2D eigenvalue weighted by Crippen LogP contribution is 2.24. The van der Waals surface area contributed by atoms with Crippen LogP contribution in [0.3, 0.4) is 0 Å². The molecule has 24 heavy (non-hydrogen) atoms. The van der Waals surface area contributed by atoms with Crippen molar-refractivity contribution in [2.24, 2.45) is 11.5 Å². The lowest BCUT2D eigenvalue weighted by Crippen LogP contribution is -2.39. The minimum atomic E-state index is -0.599. The predicted molar refractivity (Wildman–Crippen MR) is 84.1 cm³/mol. The second-order valence-electron chi connectivity index (χ2n) is 5.90. The molecule has 0 aromatic carbocycles. The number of piperidine rings is 1. The number of nitrogens with zero attached hydrogens (tertiary/aromatic N) is 4. The zero-order chi connectivity index (χ0) is 17.3. The molecule has 0 bridgehead atoms. The first-order valence-corrected chi connectivity index (χ1v) is 7.80. The van der Waals surface area contributed by atoms with Crippen LogP contribution in [-0.4, -0.2) is 44.8 Å². The summed E-state index contributed by atoms with van der Waals surface area (Å²) in [4.78, 5) is 25.4. The molecule has 0 aliphatic carbocycles. The van der Waals surface area contributed by atoms with Crippen LogP contribution in [0.15, 0.2) is 16.7 Å². The molecule has 128 valence electrons. The van der Waals surface area contributed by atoms with Crippen molar-refractivity contribution in [2.75, 3.05) is 13.1 Å². The van der Waals surface area contributed by atoms with Gasteiger partial charge in [0.05, 0.1) is 18.8 Å². The predicted octanol–water partition coefficient (Wildman–Crippen LogP) is 0.214. The Morgan fingerprint density at radius 1 is 1.38 bits per heavy atom. The highest BCUT2D eigenvalue weighted by atomic mass is 16.4. The van der Waals surface area contributed by atoms with Gasteiger partial charge in [-0.05, 0) is 25.8 Å². The molecule has 4 N–H and O–H groups in total. The molecule has 1 saturated heterocycles. The van der Waals surface area contributed by atoms with Crippen molar-refractivity contribution < 1.29 is 14.0 Å². The van der Waals surface area contributed by atoms with E-state index in [0.29, 0.717) is 24.6 Å². The Balaban J connectivity index is 1.64. The molecular formula is C15H20N6O3. The Kier molecular flexibility index (Phi) is 4.34. The third-order valence-corrected chi connectivity index (χ3v) is 4.25. The third kappa shape index (κ3) is 3.02. The average Bonchev–Trinajstić information content (AvgIpc) is 3.21. The maximum Gasteiger partial charge on any atom is 0.289 e. The molecule has 0 spiro atoms. The molecule has 1 aliphatic heterocycles. The number of likely N-dealkylation sites (tertiary alicyclic amines) is 1. The van der Waals surface area contributed by atoms with Gasteiger partial charge in [-0.25, -0.2) is 4.68 Å². The molecule has 1 fully saturated rings. The number of aromatic nitrogens is 3. The van der Waals surface area contributed by atoms with Crippen LogP contribution in [-0.2, 0) is 6.54 Å². The topological polar surface area (TPSA) is 133 Å². The number of rotatable bonds is 4. The maximum atomic E-state index is 12.6. The summed E-state index contributed by atoms with van der Waals surface area (Å²) in [5.41, 5.74) is 11.7. The largest absolute Gasteiger partial charge is 0.454 e. The fourth-order valence-corrected chi connectivity index (χ4v) is 2.91. The summed E-state index contributed by atoms with van der Waals surface area (Å²) in [5.74, 6) is 0.234. The second-order valence-corrected chi connectivity index (χ2v) is 5.90. The van der Waals surface area contributed by atoms with Crippen LogP contribution >= 0.6 is 0 Å². The summed E-state index contributed by atoms with van der Waals surface area (Å²) in [7, 11) is 0. The highest BCUT2D eigenvalue weighted by Gasteiger charge is 2.28. The van der Waals surface area contributed by atoms with Crippen LogP contribution in [0.25, 0.3) is 0 Å². The molecule has 0 atom stereocenters. The Hall–Kier alpha value is -2.68. The van der Waals surface area contributed by atoms with E-state index in [9.17, 15) is 9.59 Å². The van der Waals surface area contributed by atoms with Crippen molar-refractivity contribution in [1.82, 2.24) is 19.9 Å². The number of furan rings is 1. The lowest BCUT2D eigenvalue weighted by molar-refractivity contribution is 0.0654. The van der Waals surface area contributed by atoms with E-state index in [-0.39, 0.29) is 24.2 Å². The summed E-state index contributed by atoms with van der Waals surface area (Å²) in [5, 5.41) is 7.70. The van der Waals surface area contributed by atoms with Crippen LogP contribution in [0, 0.1) is 6.92 Å². The smallest absolute Gasteiger partial charge is 0.289 e. The van der Waals surface area contributed by atoms with Gasteiger partial charge in [0, 0.05) is 18.7 Å². The van der Waals surface area contributed by atoms with Gasteiger partial charge in [-0.15, -0.1) is 5.10 Å². The van der Waals surface area contributed by atoms with Gasteiger partial charge in [0.25, 0.3) is 11.8 Å². The highest BCUT2D eigenvalue weighted by molar-refractivity contribution is 5.93. The van der Waals surface area contributed by atoms with E-state index in [4.69, 9.17) is 15.9 Å². The van der Waals surface area contributed by atoms with Crippen LogP contribution in [0.5, 0.6) is 0 Å². The molecule has 0 radical (unpaired) electrons. The molecule has 2 aromatic heterocycles. The van der Waals surface area contributed by atoms with Gasteiger partial charge >= 0.3 is 0 Å². The molecule has 9 nitrogen and oxygen atoms in total. The van der Waals surface area contributed by atoms with Gasteiger partial charge in [0.1, 0.15) is 5.76 Å². The maximum absolute atomic E-state index is 12.6. The minimum Gasteiger partial charge on any atom is -0.454 e. The number of carbonyl (C=O) groups is 2. The molecule has 2 aromatic rings. The van der Waals surface area contributed by atoms with E-state index < -0.39 is 5.91 Å². The molecule has 1 aliphatic rings. The molecule has 0 saturated carbocycles. The fraction of sp³-hybridized carbons (Fsp3) is 0.467. The number of nitrogens with two attached hydrogens (primary N) is 2. The van der Waals surface area contributed by atoms with Crippen LogP contribution in [0.4, 0.5) is 0 Å². The normalized spacial score (nSPS) is 15.7. The number of primary amides is 1. The van der Waals surface area contributed by atoms with E-state index >= 15 is 0 Å². The van der Waals surface area contributed by atoms with Gasteiger partial charge in [0.15, 0.2) is 11.5 Å². The van der Waals surface area contributed by atoms with Gasteiger partial charge in [-0.3, -0.25) is 9.59 Å². The number of carbonyl (C=O) groups excluding carboxylic acids is 2. The Morgan fingerprint density at radius 2 is 2.08 bits per heavy atom. The zero-order valence-electron chi connectivity index (χ0n) is 13.4. The molecule has 3 heterocycles.